The number of thiocarbonyl (C=S) groups is 1. The van der Waals surface area contributed by atoms with Crippen molar-refractivity contribution in [2.45, 2.75) is 24.5 Å². The summed E-state index contributed by atoms with van der Waals surface area (Å²) >= 11 is 4.84. The van der Waals surface area contributed by atoms with Crippen LogP contribution in [0.2, 0.25) is 0 Å². The Kier molecular flexibility index (Phi) is 1.59. The van der Waals surface area contributed by atoms with E-state index in [0.717, 1.165) is 12.8 Å². The number of hydrogen-bond donors (Lipinski definition) is 2. The molecule has 0 unspecified atom stereocenters. The molecular formula is C7H10N2O2S. The Hall–Kier alpha value is -0.680. The average molecular weight is 186 g/mol. The molecule has 0 atom stereocenters. The van der Waals surface area contributed by atoms with Gasteiger partial charge in [-0.05, 0) is 12.2 Å². The molecule has 2 N–H and O–H groups in total. The van der Waals surface area contributed by atoms with Gasteiger partial charge in [0, 0.05) is 20.0 Å². The second-order valence-corrected chi connectivity index (χ2v) is 3.66. The van der Waals surface area contributed by atoms with E-state index in [9.17, 15) is 4.79 Å². The summed E-state index contributed by atoms with van der Waals surface area (Å²) in [7, 11) is 1.66. The zero-order valence-electron chi connectivity index (χ0n) is 6.72. The summed E-state index contributed by atoms with van der Waals surface area (Å²) in [6, 6.07) is 0. The molecule has 2 fully saturated rings. The molecule has 4 nitrogen and oxygen atoms in total. The first-order valence-electron chi connectivity index (χ1n) is 3.83. The summed E-state index contributed by atoms with van der Waals surface area (Å²) in [5.74, 6) is -0.0131. The van der Waals surface area contributed by atoms with Crippen LogP contribution in [-0.2, 0) is 9.53 Å². The highest BCUT2D eigenvalue weighted by Crippen LogP contribution is 2.36. The smallest absolute Gasteiger partial charge is 0.252 e. The molecule has 1 heterocycles. The highest BCUT2D eigenvalue weighted by Gasteiger charge is 2.54. The Bertz CT molecular complexity index is 248. The summed E-state index contributed by atoms with van der Waals surface area (Å²) in [5, 5.41) is 5.99. The van der Waals surface area contributed by atoms with Crippen molar-refractivity contribution < 1.29 is 9.53 Å². The maximum absolute atomic E-state index is 11.3. The van der Waals surface area contributed by atoms with Gasteiger partial charge in [-0.15, -0.1) is 0 Å². The highest BCUT2D eigenvalue weighted by molar-refractivity contribution is 7.80. The van der Waals surface area contributed by atoms with E-state index in [-0.39, 0.29) is 12.0 Å². The summed E-state index contributed by atoms with van der Waals surface area (Å²) in [6.07, 6.45) is 1.63. The third kappa shape index (κ3) is 0.931. The Morgan fingerprint density at radius 3 is 2.75 bits per heavy atom. The molecule has 0 radical (unpaired) electrons. The predicted octanol–water partition coefficient (Wildman–Crippen LogP) is -0.462. The molecule has 0 aromatic rings. The Labute approximate surface area is 75.7 Å². The molecular weight excluding hydrogens is 176 g/mol. The number of hydrogen-bond acceptors (Lipinski definition) is 3. The van der Waals surface area contributed by atoms with E-state index in [0.29, 0.717) is 5.11 Å². The number of amides is 1. The molecule has 1 saturated carbocycles. The maximum atomic E-state index is 11.3. The number of carbonyl (C=O) groups is 1. The first-order chi connectivity index (χ1) is 5.66. The van der Waals surface area contributed by atoms with Gasteiger partial charge in [0.15, 0.2) is 5.11 Å². The fourth-order valence-electron chi connectivity index (χ4n) is 1.70. The predicted molar refractivity (Wildman–Crippen MR) is 46.6 cm³/mol. The van der Waals surface area contributed by atoms with Gasteiger partial charge in [-0.1, -0.05) is 0 Å². The lowest BCUT2D eigenvalue weighted by atomic mass is 9.74. The van der Waals surface area contributed by atoms with E-state index in [2.05, 4.69) is 10.6 Å². The lowest BCUT2D eigenvalue weighted by Gasteiger charge is -2.41. The van der Waals surface area contributed by atoms with Crippen LogP contribution in [0.1, 0.15) is 12.8 Å². The maximum Gasteiger partial charge on any atom is 0.252 e. The molecule has 1 saturated heterocycles. The van der Waals surface area contributed by atoms with Crippen molar-refractivity contribution in [3.8, 4) is 0 Å². The van der Waals surface area contributed by atoms with Crippen LogP contribution < -0.4 is 10.6 Å². The van der Waals surface area contributed by atoms with E-state index in [4.69, 9.17) is 17.0 Å². The van der Waals surface area contributed by atoms with Crippen molar-refractivity contribution in [2.24, 2.45) is 0 Å². The fourth-order valence-corrected chi connectivity index (χ4v) is 1.99. The van der Waals surface area contributed by atoms with Crippen molar-refractivity contribution in [1.29, 1.82) is 0 Å². The largest absolute Gasteiger partial charge is 0.381 e. The van der Waals surface area contributed by atoms with Crippen LogP contribution in [0, 0.1) is 0 Å². The molecule has 1 aliphatic carbocycles. The second-order valence-electron chi connectivity index (χ2n) is 3.26. The molecule has 2 aliphatic rings. The van der Waals surface area contributed by atoms with Gasteiger partial charge in [0.05, 0.1) is 6.10 Å². The Morgan fingerprint density at radius 1 is 1.67 bits per heavy atom. The Balaban J connectivity index is 2.06. The zero-order valence-corrected chi connectivity index (χ0v) is 7.53. The van der Waals surface area contributed by atoms with E-state index < -0.39 is 5.54 Å². The van der Waals surface area contributed by atoms with Gasteiger partial charge in [-0.25, -0.2) is 0 Å². The molecule has 1 aliphatic heterocycles. The number of carbonyl (C=O) groups excluding carboxylic acids is 1. The number of rotatable bonds is 1. The van der Waals surface area contributed by atoms with Gasteiger partial charge in [-0.3, -0.25) is 4.79 Å². The van der Waals surface area contributed by atoms with E-state index in [1.165, 1.54) is 0 Å². The minimum Gasteiger partial charge on any atom is -0.381 e. The minimum absolute atomic E-state index is 0.0131. The van der Waals surface area contributed by atoms with Crippen molar-refractivity contribution in [3.05, 3.63) is 0 Å². The lowest BCUT2D eigenvalue weighted by Crippen LogP contribution is -2.59. The normalized spacial score (nSPS) is 39.2. The van der Waals surface area contributed by atoms with Gasteiger partial charge in [0.25, 0.3) is 5.91 Å². The van der Waals surface area contributed by atoms with Crippen LogP contribution in [0.4, 0.5) is 0 Å². The monoisotopic (exact) mass is 186 g/mol. The van der Waals surface area contributed by atoms with Crippen molar-refractivity contribution in [2.75, 3.05) is 7.11 Å². The first kappa shape index (κ1) is 7.94. The van der Waals surface area contributed by atoms with Crippen molar-refractivity contribution >= 4 is 23.2 Å². The van der Waals surface area contributed by atoms with Gasteiger partial charge in [0.2, 0.25) is 0 Å². The third-order valence-corrected chi connectivity index (χ3v) is 2.70. The van der Waals surface area contributed by atoms with Gasteiger partial charge in [-0.2, -0.15) is 0 Å². The molecule has 5 heteroatoms. The summed E-state index contributed by atoms with van der Waals surface area (Å²) in [5.41, 5.74) is -0.447. The molecule has 1 spiro atoms. The summed E-state index contributed by atoms with van der Waals surface area (Å²) < 4.78 is 5.09. The van der Waals surface area contributed by atoms with Crippen LogP contribution in [0.3, 0.4) is 0 Å². The molecule has 1 amide bonds. The topological polar surface area (TPSA) is 50.4 Å². The number of nitrogens with one attached hydrogen (secondary N) is 2. The van der Waals surface area contributed by atoms with E-state index >= 15 is 0 Å². The highest BCUT2D eigenvalue weighted by atomic mass is 32.1. The Morgan fingerprint density at radius 2 is 2.33 bits per heavy atom. The lowest BCUT2D eigenvalue weighted by molar-refractivity contribution is -0.132. The van der Waals surface area contributed by atoms with Crippen LogP contribution in [0.15, 0.2) is 0 Å². The van der Waals surface area contributed by atoms with Gasteiger partial charge in [0.1, 0.15) is 5.54 Å². The molecule has 0 bridgehead atoms. The van der Waals surface area contributed by atoms with Crippen LogP contribution in [-0.4, -0.2) is 29.8 Å². The van der Waals surface area contributed by atoms with E-state index in [1.54, 1.807) is 7.11 Å². The molecule has 0 aromatic carbocycles. The molecule has 0 aromatic heterocycles. The average Bonchev–Trinajstić information content (AvgIpc) is 2.22. The van der Waals surface area contributed by atoms with Crippen LogP contribution >= 0.6 is 12.2 Å². The minimum atomic E-state index is -0.447. The third-order valence-electron chi connectivity index (χ3n) is 2.50. The number of methoxy groups -OCH3 is 1. The molecule has 12 heavy (non-hydrogen) atoms. The van der Waals surface area contributed by atoms with Gasteiger partial charge >= 0.3 is 0 Å². The van der Waals surface area contributed by atoms with Crippen LogP contribution in [0.5, 0.6) is 0 Å². The second kappa shape index (κ2) is 2.40. The van der Waals surface area contributed by atoms with Crippen molar-refractivity contribution in [1.82, 2.24) is 10.6 Å². The summed E-state index contributed by atoms with van der Waals surface area (Å²) in [6.45, 7) is 0. The quantitative estimate of drug-likeness (QED) is 0.544. The van der Waals surface area contributed by atoms with Crippen molar-refractivity contribution in [3.63, 3.8) is 0 Å². The van der Waals surface area contributed by atoms with Gasteiger partial charge < -0.3 is 15.4 Å². The number of ether oxygens (including phenoxy) is 1. The van der Waals surface area contributed by atoms with E-state index in [1.807, 2.05) is 0 Å². The first-order valence-corrected chi connectivity index (χ1v) is 4.23. The van der Waals surface area contributed by atoms with Crippen LogP contribution in [0.25, 0.3) is 0 Å². The molecule has 2 rings (SSSR count). The standard InChI is InChI=1S/C7H10N2O2S/c1-11-4-2-7(3-4)5(10)8-6(12)9-7/h4H,2-3H2,1H3,(H2,8,9,10,12). The summed E-state index contributed by atoms with van der Waals surface area (Å²) in [4.78, 5) is 11.3. The fraction of sp³-hybridized carbons (Fsp3) is 0.714. The SMILES string of the molecule is COC1CC2(C1)NC(=S)NC2=O. The molecule has 66 valence electrons. The zero-order chi connectivity index (χ0) is 8.77.